The molecule has 6 nitrogen and oxygen atoms in total. The summed E-state index contributed by atoms with van der Waals surface area (Å²) < 4.78 is 6.77. The van der Waals surface area contributed by atoms with Crippen LogP contribution in [0, 0.1) is 0 Å². The highest BCUT2D eigenvalue weighted by Gasteiger charge is 2.16. The van der Waals surface area contributed by atoms with Crippen molar-refractivity contribution in [2.75, 3.05) is 40.3 Å². The van der Waals surface area contributed by atoms with Crippen LogP contribution in [0.5, 0.6) is 0 Å². The van der Waals surface area contributed by atoms with E-state index in [1.165, 1.54) is 12.7 Å². The number of piperazine rings is 1. The summed E-state index contributed by atoms with van der Waals surface area (Å²) >= 11 is 0. The minimum absolute atomic E-state index is 0.347. The lowest BCUT2D eigenvalue weighted by atomic mass is 10.0. The summed E-state index contributed by atoms with van der Waals surface area (Å²) in [6, 6.07) is 10.4. The summed E-state index contributed by atoms with van der Waals surface area (Å²) in [5.41, 5.74) is 4.61. The Bertz CT molecular complexity index is 958. The Labute approximate surface area is 159 Å². The molecule has 0 aliphatic carbocycles. The van der Waals surface area contributed by atoms with Crippen molar-refractivity contribution < 1.29 is 9.53 Å². The molecule has 4 rings (SSSR count). The van der Waals surface area contributed by atoms with Crippen LogP contribution < -0.4 is 0 Å². The third-order valence-corrected chi connectivity index (χ3v) is 5.15. The smallest absolute Gasteiger partial charge is 0.339 e. The quantitative estimate of drug-likeness (QED) is 0.666. The third-order valence-electron chi connectivity index (χ3n) is 5.15. The first-order chi connectivity index (χ1) is 13.1. The monoisotopic (exact) mass is 364 g/mol. The molecule has 1 aromatic carbocycles. The molecule has 1 saturated heterocycles. The normalized spacial score (nSPS) is 15.9. The highest BCUT2D eigenvalue weighted by atomic mass is 16.5. The molecule has 1 fully saturated rings. The van der Waals surface area contributed by atoms with E-state index in [4.69, 9.17) is 4.74 Å². The number of benzene rings is 1. The van der Waals surface area contributed by atoms with Crippen LogP contribution in [0.1, 0.15) is 15.9 Å². The van der Waals surface area contributed by atoms with Crippen LogP contribution in [0.15, 0.2) is 48.9 Å². The van der Waals surface area contributed by atoms with E-state index < -0.39 is 0 Å². The fraction of sp³-hybridized carbons (Fsp3) is 0.333. The van der Waals surface area contributed by atoms with E-state index in [9.17, 15) is 4.79 Å². The minimum Gasteiger partial charge on any atom is -0.465 e. The van der Waals surface area contributed by atoms with Crippen molar-refractivity contribution in [3.63, 3.8) is 0 Å². The van der Waals surface area contributed by atoms with Gasteiger partial charge < -0.3 is 14.0 Å². The average Bonchev–Trinajstić information content (AvgIpc) is 3.17. The molecule has 27 heavy (non-hydrogen) atoms. The van der Waals surface area contributed by atoms with Gasteiger partial charge in [-0.3, -0.25) is 4.90 Å². The number of imidazole rings is 1. The van der Waals surface area contributed by atoms with E-state index in [1.54, 1.807) is 12.4 Å². The highest BCUT2D eigenvalue weighted by Crippen LogP contribution is 2.27. The maximum Gasteiger partial charge on any atom is 0.339 e. The third kappa shape index (κ3) is 3.72. The van der Waals surface area contributed by atoms with Gasteiger partial charge in [-0.25, -0.2) is 9.78 Å². The minimum atomic E-state index is -0.347. The summed E-state index contributed by atoms with van der Waals surface area (Å²) in [7, 11) is 3.57. The van der Waals surface area contributed by atoms with Gasteiger partial charge in [0.2, 0.25) is 0 Å². The fourth-order valence-corrected chi connectivity index (χ4v) is 3.58. The van der Waals surface area contributed by atoms with Gasteiger partial charge >= 0.3 is 5.97 Å². The maximum atomic E-state index is 12.1. The van der Waals surface area contributed by atoms with Gasteiger partial charge in [0.1, 0.15) is 5.65 Å². The first-order valence-corrected chi connectivity index (χ1v) is 9.19. The molecule has 0 N–H and O–H groups in total. The fourth-order valence-electron chi connectivity index (χ4n) is 3.58. The van der Waals surface area contributed by atoms with Gasteiger partial charge in [0.25, 0.3) is 0 Å². The molecule has 0 radical (unpaired) electrons. The molecular weight excluding hydrogens is 340 g/mol. The molecule has 2 aromatic heterocycles. The number of carbonyl (C=O) groups is 1. The topological polar surface area (TPSA) is 50.1 Å². The molecule has 0 unspecified atom stereocenters. The molecule has 0 spiro atoms. The average molecular weight is 364 g/mol. The number of carbonyl (C=O) groups excluding carboxylic acids is 1. The van der Waals surface area contributed by atoms with Crippen molar-refractivity contribution in [3.8, 4) is 11.1 Å². The van der Waals surface area contributed by atoms with Crippen molar-refractivity contribution in [3.05, 3.63) is 60.0 Å². The Kier molecular flexibility index (Phi) is 4.92. The second-order valence-electron chi connectivity index (χ2n) is 7.07. The number of esters is 1. The molecule has 6 heteroatoms. The van der Waals surface area contributed by atoms with Crippen LogP contribution in [-0.2, 0) is 11.3 Å². The van der Waals surface area contributed by atoms with Crippen molar-refractivity contribution in [2.24, 2.45) is 0 Å². The first kappa shape index (κ1) is 17.7. The summed E-state index contributed by atoms with van der Waals surface area (Å²) in [6.45, 7) is 5.32. The standard InChI is InChI=1S/C21H24N4O2/c1-23-8-10-24(11-9-23)14-16-4-3-5-17(12-16)19-13-18(21(26)27-2)15-25-7-6-22-20(19)25/h3-7,12-13,15H,8-11,14H2,1-2H3. The SMILES string of the molecule is COC(=O)c1cc(-c2cccc(CN3CCN(C)CC3)c2)c2nccn2c1. The number of nitrogens with zero attached hydrogens (tertiary/aromatic N) is 4. The zero-order chi connectivity index (χ0) is 18.8. The van der Waals surface area contributed by atoms with Gasteiger partial charge in [0.05, 0.1) is 12.7 Å². The van der Waals surface area contributed by atoms with E-state index in [1.807, 2.05) is 16.7 Å². The predicted molar refractivity (Wildman–Crippen MR) is 105 cm³/mol. The molecule has 1 aliphatic heterocycles. The van der Waals surface area contributed by atoms with Gasteiger partial charge in [0.15, 0.2) is 0 Å². The van der Waals surface area contributed by atoms with Gasteiger partial charge in [-0.05, 0) is 30.3 Å². The van der Waals surface area contributed by atoms with Gasteiger partial charge in [-0.2, -0.15) is 0 Å². The van der Waals surface area contributed by atoms with Crippen LogP contribution in [0.2, 0.25) is 0 Å². The summed E-state index contributed by atoms with van der Waals surface area (Å²) in [5, 5.41) is 0. The van der Waals surface area contributed by atoms with Crippen LogP contribution in [0.4, 0.5) is 0 Å². The Morgan fingerprint density at radius 3 is 2.78 bits per heavy atom. The number of aromatic nitrogens is 2. The lowest BCUT2D eigenvalue weighted by Gasteiger charge is -2.32. The molecule has 0 atom stereocenters. The molecule has 0 saturated carbocycles. The van der Waals surface area contributed by atoms with Crippen LogP contribution in [-0.4, -0.2) is 65.5 Å². The van der Waals surface area contributed by atoms with Gasteiger partial charge in [-0.15, -0.1) is 0 Å². The summed E-state index contributed by atoms with van der Waals surface area (Å²) in [6.07, 6.45) is 5.35. The van der Waals surface area contributed by atoms with Gasteiger partial charge in [0, 0.05) is 56.9 Å². The number of hydrogen-bond donors (Lipinski definition) is 0. The predicted octanol–water partition coefficient (Wildman–Crippen LogP) is 2.54. The second kappa shape index (κ2) is 7.50. The van der Waals surface area contributed by atoms with E-state index in [2.05, 4.69) is 46.1 Å². The number of methoxy groups -OCH3 is 1. The Balaban J connectivity index is 1.67. The molecule has 1 aliphatic rings. The largest absolute Gasteiger partial charge is 0.465 e. The van der Waals surface area contributed by atoms with Crippen molar-refractivity contribution in [1.29, 1.82) is 0 Å². The number of ether oxygens (including phenoxy) is 1. The van der Waals surface area contributed by atoms with Crippen LogP contribution >= 0.6 is 0 Å². The summed E-state index contributed by atoms with van der Waals surface area (Å²) in [4.78, 5) is 21.4. The van der Waals surface area contributed by atoms with Crippen LogP contribution in [0.25, 0.3) is 16.8 Å². The Hall–Kier alpha value is -2.70. The van der Waals surface area contributed by atoms with E-state index in [0.717, 1.165) is 49.5 Å². The van der Waals surface area contributed by atoms with Crippen LogP contribution in [0.3, 0.4) is 0 Å². The lowest BCUT2D eigenvalue weighted by molar-refractivity contribution is 0.0600. The Morgan fingerprint density at radius 2 is 2.00 bits per heavy atom. The number of fused-ring (bicyclic) bond motifs is 1. The lowest BCUT2D eigenvalue weighted by Crippen LogP contribution is -2.43. The summed E-state index contributed by atoms with van der Waals surface area (Å²) in [5.74, 6) is -0.347. The molecule has 0 bridgehead atoms. The molecule has 3 aromatic rings. The zero-order valence-corrected chi connectivity index (χ0v) is 15.8. The van der Waals surface area contributed by atoms with E-state index in [-0.39, 0.29) is 5.97 Å². The molecular formula is C21H24N4O2. The Morgan fingerprint density at radius 1 is 1.19 bits per heavy atom. The second-order valence-corrected chi connectivity index (χ2v) is 7.07. The highest BCUT2D eigenvalue weighted by molar-refractivity contribution is 5.92. The molecule has 3 heterocycles. The number of pyridine rings is 1. The van der Waals surface area contributed by atoms with Crippen molar-refractivity contribution in [2.45, 2.75) is 6.54 Å². The maximum absolute atomic E-state index is 12.1. The van der Waals surface area contributed by atoms with E-state index >= 15 is 0 Å². The first-order valence-electron chi connectivity index (χ1n) is 9.19. The number of rotatable bonds is 4. The van der Waals surface area contributed by atoms with Crippen molar-refractivity contribution >= 4 is 11.6 Å². The number of likely N-dealkylation sites (N-methyl/N-ethyl adjacent to an activating group) is 1. The van der Waals surface area contributed by atoms with E-state index in [0.29, 0.717) is 5.56 Å². The molecule has 140 valence electrons. The van der Waals surface area contributed by atoms with Crippen molar-refractivity contribution in [1.82, 2.24) is 19.2 Å². The zero-order valence-electron chi connectivity index (χ0n) is 15.8. The molecule has 0 amide bonds. The number of hydrogen-bond acceptors (Lipinski definition) is 5. The van der Waals surface area contributed by atoms with Gasteiger partial charge in [-0.1, -0.05) is 18.2 Å².